The first-order chi connectivity index (χ1) is 8.58. The molecule has 0 aromatic heterocycles. The second kappa shape index (κ2) is 5.46. The number of hydrogen-bond donors (Lipinski definition) is 1. The molecular formula is C13H17FN2O2. The molecule has 1 saturated heterocycles. The van der Waals surface area contributed by atoms with Crippen LogP contribution in [0.4, 0.5) is 4.39 Å². The molecule has 0 spiro atoms. The van der Waals surface area contributed by atoms with E-state index in [1.54, 1.807) is 24.0 Å². The quantitative estimate of drug-likeness (QED) is 0.856. The summed E-state index contributed by atoms with van der Waals surface area (Å²) in [5.74, 6) is -0.358. The first kappa shape index (κ1) is 13.0. The van der Waals surface area contributed by atoms with Gasteiger partial charge < -0.3 is 15.4 Å². The fourth-order valence-corrected chi connectivity index (χ4v) is 2.02. The van der Waals surface area contributed by atoms with Gasteiger partial charge in [-0.15, -0.1) is 0 Å². The number of rotatable bonds is 2. The van der Waals surface area contributed by atoms with Gasteiger partial charge in [0.05, 0.1) is 19.2 Å². The van der Waals surface area contributed by atoms with E-state index in [1.807, 2.05) is 0 Å². The van der Waals surface area contributed by atoms with E-state index in [0.717, 1.165) is 5.56 Å². The van der Waals surface area contributed by atoms with Crippen LogP contribution in [0, 0.1) is 5.82 Å². The summed E-state index contributed by atoms with van der Waals surface area (Å²) in [6, 6.07) is 5.65. The minimum atomic E-state index is -0.503. The Morgan fingerprint density at radius 1 is 1.50 bits per heavy atom. The van der Waals surface area contributed by atoms with Crippen LogP contribution in [-0.4, -0.2) is 36.5 Å². The van der Waals surface area contributed by atoms with E-state index < -0.39 is 6.04 Å². The zero-order valence-corrected chi connectivity index (χ0v) is 10.3. The summed E-state index contributed by atoms with van der Waals surface area (Å²) in [5, 5.41) is 0. The van der Waals surface area contributed by atoms with Crippen molar-refractivity contribution < 1.29 is 13.9 Å². The second-order valence-electron chi connectivity index (χ2n) is 4.48. The third-order valence-corrected chi connectivity index (χ3v) is 3.01. The van der Waals surface area contributed by atoms with Gasteiger partial charge in [-0.05, 0) is 24.6 Å². The topological polar surface area (TPSA) is 55.6 Å². The molecule has 1 heterocycles. The Balaban J connectivity index is 2.07. The maximum Gasteiger partial charge on any atom is 0.239 e. The average molecular weight is 252 g/mol. The first-order valence-corrected chi connectivity index (χ1v) is 5.99. The standard InChI is InChI=1S/C13H17FN2O2/c1-9(15)13(17)16-6-7-18-12(8-16)10-2-4-11(14)5-3-10/h2-5,9,12H,6-8,15H2,1H3. The lowest BCUT2D eigenvalue weighted by Gasteiger charge is -2.34. The molecule has 1 aliphatic heterocycles. The van der Waals surface area contributed by atoms with E-state index in [1.165, 1.54) is 12.1 Å². The molecule has 5 heteroatoms. The normalized spacial score (nSPS) is 21.7. The van der Waals surface area contributed by atoms with Gasteiger partial charge in [0.25, 0.3) is 0 Å². The Labute approximate surface area is 106 Å². The molecule has 1 aromatic rings. The van der Waals surface area contributed by atoms with E-state index in [4.69, 9.17) is 10.5 Å². The number of carbonyl (C=O) groups is 1. The third-order valence-electron chi connectivity index (χ3n) is 3.01. The van der Waals surface area contributed by atoms with Crippen molar-refractivity contribution in [1.82, 2.24) is 4.90 Å². The Morgan fingerprint density at radius 2 is 2.17 bits per heavy atom. The molecule has 0 aliphatic carbocycles. The molecule has 1 amide bonds. The number of nitrogens with zero attached hydrogens (tertiary/aromatic N) is 1. The molecule has 2 rings (SSSR count). The van der Waals surface area contributed by atoms with Crippen molar-refractivity contribution in [2.45, 2.75) is 19.1 Å². The zero-order valence-electron chi connectivity index (χ0n) is 10.3. The molecule has 0 saturated carbocycles. The predicted molar refractivity (Wildman–Crippen MR) is 65.3 cm³/mol. The average Bonchev–Trinajstić information content (AvgIpc) is 2.38. The highest BCUT2D eigenvalue weighted by atomic mass is 19.1. The van der Waals surface area contributed by atoms with Crippen molar-refractivity contribution in [3.63, 3.8) is 0 Å². The van der Waals surface area contributed by atoms with Crippen LogP contribution in [0.2, 0.25) is 0 Å². The molecule has 2 N–H and O–H groups in total. The van der Waals surface area contributed by atoms with Crippen LogP contribution in [0.3, 0.4) is 0 Å². The maximum atomic E-state index is 12.8. The number of benzene rings is 1. The van der Waals surface area contributed by atoms with Gasteiger partial charge in [0, 0.05) is 6.54 Å². The minimum absolute atomic E-state index is 0.0783. The monoisotopic (exact) mass is 252 g/mol. The summed E-state index contributed by atoms with van der Waals surface area (Å²) >= 11 is 0. The van der Waals surface area contributed by atoms with Crippen LogP contribution in [0.5, 0.6) is 0 Å². The fraction of sp³-hybridized carbons (Fsp3) is 0.462. The summed E-state index contributed by atoms with van der Waals surface area (Å²) in [4.78, 5) is 13.5. The lowest BCUT2D eigenvalue weighted by Crippen LogP contribution is -2.48. The summed E-state index contributed by atoms with van der Waals surface area (Å²) in [6.45, 7) is 3.16. The lowest BCUT2D eigenvalue weighted by atomic mass is 10.1. The van der Waals surface area contributed by atoms with E-state index >= 15 is 0 Å². The molecule has 2 atom stereocenters. The van der Waals surface area contributed by atoms with Crippen LogP contribution >= 0.6 is 0 Å². The van der Waals surface area contributed by atoms with Crippen LogP contribution in [0.25, 0.3) is 0 Å². The van der Waals surface area contributed by atoms with Gasteiger partial charge in [-0.2, -0.15) is 0 Å². The van der Waals surface area contributed by atoms with Crippen molar-refractivity contribution in [3.05, 3.63) is 35.6 Å². The van der Waals surface area contributed by atoms with Gasteiger partial charge in [0.2, 0.25) is 5.91 Å². The highest BCUT2D eigenvalue weighted by Crippen LogP contribution is 2.22. The van der Waals surface area contributed by atoms with Crippen LogP contribution < -0.4 is 5.73 Å². The SMILES string of the molecule is CC(N)C(=O)N1CCOC(c2ccc(F)cc2)C1. The molecular weight excluding hydrogens is 235 g/mol. The van der Waals surface area contributed by atoms with Gasteiger partial charge in [0.15, 0.2) is 0 Å². The van der Waals surface area contributed by atoms with Gasteiger partial charge in [-0.3, -0.25) is 4.79 Å². The number of ether oxygens (including phenoxy) is 1. The fourth-order valence-electron chi connectivity index (χ4n) is 2.02. The number of carbonyl (C=O) groups excluding carboxylic acids is 1. The summed E-state index contributed by atoms with van der Waals surface area (Å²) in [5.41, 5.74) is 6.46. The summed E-state index contributed by atoms with van der Waals surface area (Å²) in [7, 11) is 0. The number of nitrogens with two attached hydrogens (primary N) is 1. The third kappa shape index (κ3) is 2.86. The van der Waals surface area contributed by atoms with Crippen LogP contribution in [-0.2, 0) is 9.53 Å². The highest BCUT2D eigenvalue weighted by Gasteiger charge is 2.26. The van der Waals surface area contributed by atoms with Crippen molar-refractivity contribution in [1.29, 1.82) is 0 Å². The highest BCUT2D eigenvalue weighted by molar-refractivity contribution is 5.81. The van der Waals surface area contributed by atoms with Gasteiger partial charge in [-0.25, -0.2) is 4.39 Å². The number of amides is 1. The molecule has 0 bridgehead atoms. The summed E-state index contributed by atoms with van der Waals surface area (Å²) < 4.78 is 18.4. The van der Waals surface area contributed by atoms with Gasteiger partial charge in [0.1, 0.15) is 11.9 Å². The number of morpholine rings is 1. The van der Waals surface area contributed by atoms with Crippen molar-refractivity contribution in [2.24, 2.45) is 5.73 Å². The maximum absolute atomic E-state index is 12.8. The lowest BCUT2D eigenvalue weighted by molar-refractivity contribution is -0.140. The molecule has 0 radical (unpaired) electrons. The van der Waals surface area contributed by atoms with Gasteiger partial charge >= 0.3 is 0 Å². The molecule has 98 valence electrons. The Bertz CT molecular complexity index is 420. The molecule has 1 fully saturated rings. The van der Waals surface area contributed by atoms with E-state index in [0.29, 0.717) is 19.7 Å². The predicted octanol–water partition coefficient (Wildman–Crippen LogP) is 1.07. The zero-order chi connectivity index (χ0) is 13.1. The molecule has 18 heavy (non-hydrogen) atoms. The van der Waals surface area contributed by atoms with Gasteiger partial charge in [-0.1, -0.05) is 12.1 Å². The van der Waals surface area contributed by atoms with Crippen LogP contribution in [0.15, 0.2) is 24.3 Å². The van der Waals surface area contributed by atoms with Crippen molar-refractivity contribution in [2.75, 3.05) is 19.7 Å². The van der Waals surface area contributed by atoms with Crippen LogP contribution in [0.1, 0.15) is 18.6 Å². The Morgan fingerprint density at radius 3 is 2.78 bits per heavy atom. The first-order valence-electron chi connectivity index (χ1n) is 5.99. The number of halogens is 1. The summed E-state index contributed by atoms with van der Waals surface area (Å²) in [6.07, 6.45) is -0.206. The minimum Gasteiger partial charge on any atom is -0.370 e. The largest absolute Gasteiger partial charge is 0.370 e. The van der Waals surface area contributed by atoms with Crippen molar-refractivity contribution in [3.8, 4) is 0 Å². The second-order valence-corrected chi connectivity index (χ2v) is 4.48. The van der Waals surface area contributed by atoms with E-state index in [-0.39, 0.29) is 17.8 Å². The molecule has 1 aromatic carbocycles. The number of hydrogen-bond acceptors (Lipinski definition) is 3. The molecule has 2 unspecified atom stereocenters. The van der Waals surface area contributed by atoms with E-state index in [9.17, 15) is 9.18 Å². The van der Waals surface area contributed by atoms with E-state index in [2.05, 4.69) is 0 Å². The Hall–Kier alpha value is -1.46. The smallest absolute Gasteiger partial charge is 0.239 e. The van der Waals surface area contributed by atoms with Crippen molar-refractivity contribution >= 4 is 5.91 Å². The molecule has 4 nitrogen and oxygen atoms in total. The Kier molecular flexibility index (Phi) is 3.93. The molecule has 1 aliphatic rings.